The molecule has 15 heavy (non-hydrogen) atoms. The van der Waals surface area contributed by atoms with E-state index >= 15 is 0 Å². The summed E-state index contributed by atoms with van der Waals surface area (Å²) in [5, 5.41) is 4.90. The molecular formula is C13H19NO. The van der Waals surface area contributed by atoms with Crippen molar-refractivity contribution < 1.29 is 4.52 Å². The molecule has 0 saturated carbocycles. The quantitative estimate of drug-likeness (QED) is 0.727. The predicted molar refractivity (Wildman–Crippen MR) is 64.1 cm³/mol. The average molecular weight is 205 g/mol. The molecule has 0 N–H and O–H groups in total. The second-order valence-corrected chi connectivity index (χ2v) is 3.40. The van der Waals surface area contributed by atoms with Crippen molar-refractivity contribution in [2.45, 2.75) is 40.0 Å². The van der Waals surface area contributed by atoms with E-state index in [1.165, 1.54) is 5.56 Å². The number of fused-ring (bicyclic) bond motifs is 1. The third-order valence-electron chi connectivity index (χ3n) is 2.56. The Kier molecular flexibility index (Phi) is 4.35. The van der Waals surface area contributed by atoms with E-state index in [1.807, 2.05) is 19.9 Å². The van der Waals surface area contributed by atoms with Crippen LogP contribution < -0.4 is 0 Å². The van der Waals surface area contributed by atoms with Gasteiger partial charge in [0.25, 0.3) is 0 Å². The molecule has 0 amide bonds. The normalized spacial score (nSPS) is 12.0. The first-order valence-corrected chi connectivity index (χ1v) is 5.66. The fourth-order valence-corrected chi connectivity index (χ4v) is 1.52. The van der Waals surface area contributed by atoms with E-state index in [1.54, 1.807) is 6.20 Å². The summed E-state index contributed by atoms with van der Waals surface area (Å²) in [7, 11) is 0. The highest BCUT2D eigenvalue weighted by atomic mass is 16.5. The molecule has 0 saturated heterocycles. The van der Waals surface area contributed by atoms with Crippen LogP contribution in [0.3, 0.4) is 0 Å². The SMILES string of the molecule is CC.CCC(C)c1cccc2cnoc12. The van der Waals surface area contributed by atoms with Gasteiger partial charge in [-0.3, -0.25) is 0 Å². The molecule has 1 heterocycles. The fraction of sp³-hybridized carbons (Fsp3) is 0.462. The number of rotatable bonds is 2. The molecule has 0 spiro atoms. The maximum Gasteiger partial charge on any atom is 0.170 e. The highest BCUT2D eigenvalue weighted by Gasteiger charge is 2.09. The maximum absolute atomic E-state index is 5.22. The van der Waals surface area contributed by atoms with E-state index in [0.717, 1.165) is 17.4 Å². The van der Waals surface area contributed by atoms with Crippen molar-refractivity contribution in [3.63, 3.8) is 0 Å². The highest BCUT2D eigenvalue weighted by Crippen LogP contribution is 2.26. The second-order valence-electron chi connectivity index (χ2n) is 3.40. The van der Waals surface area contributed by atoms with E-state index in [9.17, 15) is 0 Å². The van der Waals surface area contributed by atoms with E-state index in [4.69, 9.17) is 4.52 Å². The maximum atomic E-state index is 5.22. The minimum absolute atomic E-state index is 0.539. The summed E-state index contributed by atoms with van der Waals surface area (Å²) in [5.41, 5.74) is 2.20. The van der Waals surface area contributed by atoms with Gasteiger partial charge in [0.1, 0.15) is 0 Å². The topological polar surface area (TPSA) is 26.0 Å². The second kappa shape index (κ2) is 5.54. The van der Waals surface area contributed by atoms with Crippen molar-refractivity contribution in [2.75, 3.05) is 0 Å². The van der Waals surface area contributed by atoms with Crippen molar-refractivity contribution >= 4 is 11.0 Å². The van der Waals surface area contributed by atoms with Crippen LogP contribution >= 0.6 is 0 Å². The minimum Gasteiger partial charge on any atom is -0.356 e. The zero-order valence-electron chi connectivity index (χ0n) is 9.95. The summed E-state index contributed by atoms with van der Waals surface area (Å²) in [6, 6.07) is 6.19. The molecule has 0 aliphatic heterocycles. The molecule has 0 bridgehead atoms. The van der Waals surface area contributed by atoms with Crippen LogP contribution in [0.4, 0.5) is 0 Å². The Morgan fingerprint density at radius 3 is 2.73 bits per heavy atom. The molecular weight excluding hydrogens is 186 g/mol. The van der Waals surface area contributed by atoms with Gasteiger partial charge in [0.2, 0.25) is 0 Å². The first-order valence-electron chi connectivity index (χ1n) is 5.66. The van der Waals surface area contributed by atoms with Crippen molar-refractivity contribution in [3.8, 4) is 0 Å². The van der Waals surface area contributed by atoms with Gasteiger partial charge in [0.15, 0.2) is 5.58 Å². The zero-order chi connectivity index (χ0) is 11.3. The minimum atomic E-state index is 0.539. The largest absolute Gasteiger partial charge is 0.356 e. The van der Waals surface area contributed by atoms with Crippen LogP contribution in [0.15, 0.2) is 28.9 Å². The van der Waals surface area contributed by atoms with Gasteiger partial charge < -0.3 is 4.52 Å². The third kappa shape index (κ3) is 2.38. The number of nitrogens with zero attached hydrogens (tertiary/aromatic N) is 1. The molecule has 1 atom stereocenters. The number of aromatic nitrogens is 1. The molecule has 82 valence electrons. The summed E-state index contributed by atoms with van der Waals surface area (Å²) in [6.45, 7) is 8.39. The lowest BCUT2D eigenvalue weighted by molar-refractivity contribution is 0.452. The van der Waals surface area contributed by atoms with Crippen LogP contribution in [0.25, 0.3) is 11.0 Å². The first-order chi connectivity index (χ1) is 7.33. The highest BCUT2D eigenvalue weighted by molar-refractivity contribution is 5.79. The lowest BCUT2D eigenvalue weighted by Gasteiger charge is -2.07. The van der Waals surface area contributed by atoms with Gasteiger partial charge in [-0.25, -0.2) is 0 Å². The molecule has 0 aliphatic carbocycles. The molecule has 2 heteroatoms. The molecule has 2 nitrogen and oxygen atoms in total. The molecule has 1 aromatic heterocycles. The summed E-state index contributed by atoms with van der Waals surface area (Å²) < 4.78 is 5.22. The van der Waals surface area contributed by atoms with Crippen LogP contribution in [0.5, 0.6) is 0 Å². The van der Waals surface area contributed by atoms with Crippen LogP contribution in [-0.2, 0) is 0 Å². The van der Waals surface area contributed by atoms with Gasteiger partial charge in [-0.1, -0.05) is 45.0 Å². The molecule has 2 rings (SSSR count). The Morgan fingerprint density at radius 1 is 1.33 bits per heavy atom. The molecule has 1 aromatic carbocycles. The van der Waals surface area contributed by atoms with E-state index < -0.39 is 0 Å². The van der Waals surface area contributed by atoms with Crippen molar-refractivity contribution in [2.24, 2.45) is 0 Å². The lowest BCUT2D eigenvalue weighted by Crippen LogP contribution is -1.90. The Labute approximate surface area is 91.3 Å². The van der Waals surface area contributed by atoms with E-state index in [0.29, 0.717) is 5.92 Å². The summed E-state index contributed by atoms with van der Waals surface area (Å²) in [5.74, 6) is 0.539. The monoisotopic (exact) mass is 205 g/mol. The number of hydrogen-bond acceptors (Lipinski definition) is 2. The van der Waals surface area contributed by atoms with E-state index in [2.05, 4.69) is 31.1 Å². The zero-order valence-corrected chi connectivity index (χ0v) is 9.95. The molecule has 2 aromatic rings. The Hall–Kier alpha value is -1.31. The molecule has 0 fully saturated rings. The number of benzene rings is 1. The van der Waals surface area contributed by atoms with Crippen LogP contribution in [0.2, 0.25) is 0 Å². The van der Waals surface area contributed by atoms with Gasteiger partial charge in [-0.05, 0) is 18.4 Å². The Bertz CT molecular complexity index is 406. The smallest absolute Gasteiger partial charge is 0.170 e. The van der Waals surface area contributed by atoms with Gasteiger partial charge >= 0.3 is 0 Å². The van der Waals surface area contributed by atoms with Gasteiger partial charge in [0, 0.05) is 10.9 Å². The van der Waals surface area contributed by atoms with Gasteiger partial charge in [-0.15, -0.1) is 0 Å². The standard InChI is InChI=1S/C11H13NO.C2H6/c1-3-8(2)10-6-4-5-9-7-12-13-11(9)10;1-2/h4-8H,3H2,1-2H3;1-2H3. The first kappa shape index (κ1) is 11.8. The predicted octanol–water partition coefficient (Wildman–Crippen LogP) is 4.37. The van der Waals surface area contributed by atoms with E-state index in [-0.39, 0.29) is 0 Å². The lowest BCUT2D eigenvalue weighted by atomic mass is 9.97. The van der Waals surface area contributed by atoms with Gasteiger partial charge in [0.05, 0.1) is 6.20 Å². The van der Waals surface area contributed by atoms with Gasteiger partial charge in [-0.2, -0.15) is 0 Å². The third-order valence-corrected chi connectivity index (χ3v) is 2.56. The van der Waals surface area contributed by atoms with Crippen LogP contribution in [-0.4, -0.2) is 5.16 Å². The van der Waals surface area contributed by atoms with Crippen molar-refractivity contribution in [1.82, 2.24) is 5.16 Å². The van der Waals surface area contributed by atoms with Crippen LogP contribution in [0, 0.1) is 0 Å². The fourth-order valence-electron chi connectivity index (χ4n) is 1.52. The average Bonchev–Trinajstić information content (AvgIpc) is 2.78. The Morgan fingerprint density at radius 2 is 2.07 bits per heavy atom. The Balaban J connectivity index is 0.000000531. The summed E-state index contributed by atoms with van der Waals surface area (Å²) in [6.07, 6.45) is 2.89. The number of para-hydroxylation sites is 1. The van der Waals surface area contributed by atoms with Crippen LogP contribution in [0.1, 0.15) is 45.6 Å². The molecule has 0 aliphatic rings. The summed E-state index contributed by atoms with van der Waals surface area (Å²) >= 11 is 0. The summed E-state index contributed by atoms with van der Waals surface area (Å²) in [4.78, 5) is 0. The molecule has 0 radical (unpaired) electrons. The van der Waals surface area contributed by atoms with Crippen molar-refractivity contribution in [1.29, 1.82) is 0 Å². The molecule has 1 unspecified atom stereocenters. The number of hydrogen-bond donors (Lipinski definition) is 0. The van der Waals surface area contributed by atoms with Crippen molar-refractivity contribution in [3.05, 3.63) is 30.0 Å².